The van der Waals surface area contributed by atoms with Crippen LogP contribution in [0.15, 0.2) is 46.9 Å². The van der Waals surface area contributed by atoms with Crippen LogP contribution >= 0.6 is 11.9 Å². The van der Waals surface area contributed by atoms with Gasteiger partial charge in [-0.05, 0) is 94.8 Å². The molecule has 41 heavy (non-hydrogen) atoms. The number of hydrogen-bond donors (Lipinski definition) is 2. The molecule has 1 aromatic carbocycles. The van der Waals surface area contributed by atoms with Crippen LogP contribution in [0.1, 0.15) is 66.4 Å². The third-order valence-corrected chi connectivity index (χ3v) is 8.64. The molecule has 2 N–H and O–H groups in total. The van der Waals surface area contributed by atoms with E-state index in [2.05, 4.69) is 42.5 Å². The van der Waals surface area contributed by atoms with Crippen LogP contribution in [0.3, 0.4) is 0 Å². The van der Waals surface area contributed by atoms with Gasteiger partial charge in [0.15, 0.2) is 0 Å². The molecule has 1 saturated heterocycles. The van der Waals surface area contributed by atoms with E-state index in [1.165, 1.54) is 0 Å². The molecule has 2 heterocycles. The minimum Gasteiger partial charge on any atom is -0.457 e. The van der Waals surface area contributed by atoms with Crippen molar-refractivity contribution in [1.29, 1.82) is 0 Å². The van der Waals surface area contributed by atoms with Crippen molar-refractivity contribution in [3.63, 3.8) is 0 Å². The van der Waals surface area contributed by atoms with E-state index in [0.717, 1.165) is 29.1 Å². The lowest BCUT2D eigenvalue weighted by Crippen LogP contribution is -2.48. The molecule has 2 aliphatic rings. The van der Waals surface area contributed by atoms with Gasteiger partial charge in [-0.2, -0.15) is 0 Å². The average Bonchev–Trinajstić information content (AvgIpc) is 2.90. The van der Waals surface area contributed by atoms with Crippen molar-refractivity contribution in [2.45, 2.75) is 89.6 Å². The highest BCUT2D eigenvalue weighted by atomic mass is 32.2. The number of piperazine rings is 1. The second kappa shape index (κ2) is 15.2. The quantitative estimate of drug-likeness (QED) is 0.264. The summed E-state index contributed by atoms with van der Waals surface area (Å²) in [5.74, 6) is -0.610. The number of amides is 1. The van der Waals surface area contributed by atoms with Crippen LogP contribution in [0.2, 0.25) is 0 Å². The number of likely N-dealkylation sites (N-methyl/N-ethyl adjacent to an activating group) is 1. The Kier molecular flexibility index (Phi) is 12.3. The van der Waals surface area contributed by atoms with Crippen LogP contribution in [0, 0.1) is 11.8 Å². The highest BCUT2D eigenvalue weighted by molar-refractivity contribution is 7.97. The molecule has 0 bridgehead atoms. The molecule has 1 amide bonds. The number of nitrogens with one attached hydrogen (secondary N) is 1. The van der Waals surface area contributed by atoms with Crippen LogP contribution in [0.25, 0.3) is 6.08 Å². The van der Waals surface area contributed by atoms with Crippen molar-refractivity contribution in [3.8, 4) is 0 Å². The largest absolute Gasteiger partial charge is 0.457 e. The number of aliphatic hydroxyl groups excluding tert-OH is 1. The maximum absolute atomic E-state index is 13.0. The monoisotopic (exact) mass is 587 g/mol. The van der Waals surface area contributed by atoms with Gasteiger partial charge in [-0.3, -0.25) is 9.52 Å². The number of carbonyl (C=O) groups is 2. The molecule has 2 aliphatic heterocycles. The molecule has 0 saturated carbocycles. The first-order valence-corrected chi connectivity index (χ1v) is 15.5. The maximum atomic E-state index is 13.0. The van der Waals surface area contributed by atoms with Crippen LogP contribution in [0.4, 0.5) is 4.79 Å². The molecule has 5 atom stereocenters. The molecule has 0 spiro atoms. The molecule has 0 radical (unpaired) electrons. The zero-order valence-corrected chi connectivity index (χ0v) is 26.6. The number of ether oxygens (including phenoxy) is 2. The van der Waals surface area contributed by atoms with E-state index < -0.39 is 24.3 Å². The molecule has 1 aromatic rings. The third kappa shape index (κ3) is 11.1. The molecular weight excluding hydrogens is 538 g/mol. The first-order chi connectivity index (χ1) is 19.3. The van der Waals surface area contributed by atoms with Crippen molar-refractivity contribution >= 4 is 30.1 Å². The predicted octanol–water partition coefficient (Wildman–Crippen LogP) is 5.52. The second-order valence-electron chi connectivity index (χ2n) is 12.6. The van der Waals surface area contributed by atoms with Gasteiger partial charge < -0.3 is 24.4 Å². The van der Waals surface area contributed by atoms with Gasteiger partial charge in [0, 0.05) is 42.5 Å². The van der Waals surface area contributed by atoms with Crippen LogP contribution in [-0.4, -0.2) is 84.0 Å². The minimum atomic E-state index is -0.813. The second-order valence-corrected chi connectivity index (χ2v) is 13.5. The molecule has 0 aliphatic carbocycles. The topological polar surface area (TPSA) is 91.3 Å². The SMILES string of the molecule is C/C(=C\c1cccc(SNC(C)(C)C)c1)[C@H]1OC(=O)C[C@H](O)CC[C@H](C)[C@@H](OC(=O)N2CCN(C)CC2)/C=C/[C@@H]1C. The zero-order chi connectivity index (χ0) is 30.2. The van der Waals surface area contributed by atoms with Crippen molar-refractivity contribution in [2.24, 2.45) is 11.8 Å². The summed E-state index contributed by atoms with van der Waals surface area (Å²) >= 11 is 1.59. The van der Waals surface area contributed by atoms with E-state index in [1.54, 1.807) is 16.8 Å². The number of rotatable bonds is 5. The Bertz CT molecular complexity index is 1080. The normalized spacial score (nSPS) is 28.3. The fourth-order valence-electron chi connectivity index (χ4n) is 4.85. The Labute approximate surface area is 250 Å². The fraction of sp³-hybridized carbons (Fsp3) is 0.625. The molecule has 0 aromatic heterocycles. The van der Waals surface area contributed by atoms with E-state index in [1.807, 2.05) is 58.2 Å². The van der Waals surface area contributed by atoms with Crippen molar-refractivity contribution < 1.29 is 24.2 Å². The minimum absolute atomic E-state index is 0.0167. The molecule has 0 unspecified atom stereocenters. The van der Waals surface area contributed by atoms with Crippen molar-refractivity contribution in [2.75, 3.05) is 33.2 Å². The number of esters is 1. The van der Waals surface area contributed by atoms with Crippen molar-refractivity contribution in [1.82, 2.24) is 14.5 Å². The number of cyclic esters (lactones) is 1. The Morgan fingerprint density at radius 1 is 1.15 bits per heavy atom. The average molecular weight is 588 g/mol. The molecular formula is C32H49N3O5S. The predicted molar refractivity (Wildman–Crippen MR) is 165 cm³/mol. The molecule has 8 nitrogen and oxygen atoms in total. The van der Waals surface area contributed by atoms with Crippen LogP contribution < -0.4 is 4.72 Å². The standard InChI is InChI=1S/C32H49N3O5S/c1-22-11-13-26(36)21-29(37)40-30(24(3)19-25-9-8-10-27(20-25)41-33-32(4,5)6)23(2)12-14-28(22)39-31(38)35-17-15-34(7)16-18-35/h8-10,12,14,19-20,22-23,26,28,30,33,36H,11,13,15-18,21H2,1-7H3/b14-12+,24-19+/t22-,23-,26+,28-,30-/m0/s1. The van der Waals surface area contributed by atoms with Gasteiger partial charge >= 0.3 is 12.1 Å². The van der Waals surface area contributed by atoms with Crippen molar-refractivity contribution in [3.05, 3.63) is 47.6 Å². The number of nitrogens with zero attached hydrogens (tertiary/aromatic N) is 2. The Hall–Kier alpha value is -2.33. The molecule has 228 valence electrons. The van der Waals surface area contributed by atoms with E-state index in [9.17, 15) is 14.7 Å². The summed E-state index contributed by atoms with van der Waals surface area (Å²) in [6, 6.07) is 8.20. The van der Waals surface area contributed by atoms with Gasteiger partial charge in [0.1, 0.15) is 12.2 Å². The number of aliphatic hydroxyl groups is 1. The first kappa shape index (κ1) is 33.2. The Balaban J connectivity index is 1.81. The lowest BCUT2D eigenvalue weighted by molar-refractivity contribution is -0.151. The first-order valence-electron chi connectivity index (χ1n) is 14.7. The molecule has 1 fully saturated rings. The van der Waals surface area contributed by atoms with Gasteiger partial charge in [-0.1, -0.05) is 38.1 Å². The summed E-state index contributed by atoms with van der Waals surface area (Å²) in [5, 5.41) is 10.6. The Morgan fingerprint density at radius 3 is 2.54 bits per heavy atom. The summed E-state index contributed by atoms with van der Waals surface area (Å²) in [7, 11) is 2.05. The lowest BCUT2D eigenvalue weighted by Gasteiger charge is -2.33. The van der Waals surface area contributed by atoms with E-state index in [4.69, 9.17) is 9.47 Å². The summed E-state index contributed by atoms with van der Waals surface area (Å²) < 4.78 is 15.4. The van der Waals surface area contributed by atoms with Crippen LogP contribution in [0.5, 0.6) is 0 Å². The maximum Gasteiger partial charge on any atom is 0.410 e. The third-order valence-electron chi connectivity index (χ3n) is 7.43. The van der Waals surface area contributed by atoms with Gasteiger partial charge in [0.05, 0.1) is 12.5 Å². The summed E-state index contributed by atoms with van der Waals surface area (Å²) in [5.41, 5.74) is 1.88. The highest BCUT2D eigenvalue weighted by Crippen LogP contribution is 2.27. The van der Waals surface area contributed by atoms with Gasteiger partial charge in [-0.25, -0.2) is 4.79 Å². The van der Waals surface area contributed by atoms with Crippen LogP contribution in [-0.2, 0) is 14.3 Å². The number of benzene rings is 1. The van der Waals surface area contributed by atoms with Gasteiger partial charge in [-0.15, -0.1) is 0 Å². The van der Waals surface area contributed by atoms with Gasteiger partial charge in [0.2, 0.25) is 0 Å². The van der Waals surface area contributed by atoms with E-state index in [-0.39, 0.29) is 29.9 Å². The summed E-state index contributed by atoms with van der Waals surface area (Å²) in [4.78, 5) is 30.9. The number of carbonyl (C=O) groups excluding carboxylic acids is 2. The smallest absolute Gasteiger partial charge is 0.410 e. The van der Waals surface area contributed by atoms with E-state index >= 15 is 0 Å². The highest BCUT2D eigenvalue weighted by Gasteiger charge is 2.29. The number of hydrogen-bond acceptors (Lipinski definition) is 8. The lowest BCUT2D eigenvalue weighted by atomic mass is 9.91. The van der Waals surface area contributed by atoms with Gasteiger partial charge in [0.25, 0.3) is 0 Å². The fourth-order valence-corrected chi connectivity index (χ4v) is 5.62. The Morgan fingerprint density at radius 2 is 1.85 bits per heavy atom. The summed E-state index contributed by atoms with van der Waals surface area (Å²) in [6.07, 6.45) is 4.85. The molecule has 9 heteroatoms. The zero-order valence-electron chi connectivity index (χ0n) is 25.8. The molecule has 3 rings (SSSR count). The summed E-state index contributed by atoms with van der Waals surface area (Å²) in [6.45, 7) is 15.3. The van der Waals surface area contributed by atoms with E-state index in [0.29, 0.717) is 25.9 Å².